The zero-order valence-electron chi connectivity index (χ0n) is 15.3. The van der Waals surface area contributed by atoms with Gasteiger partial charge in [0, 0.05) is 18.7 Å². The summed E-state index contributed by atoms with van der Waals surface area (Å²) in [5, 5.41) is -1.06. The molecule has 156 valence electrons. The number of halogens is 4. The molecular weight excluding hydrogens is 410 g/mol. The Bertz CT molecular complexity index is 1000. The molecule has 1 atom stereocenters. The number of sulfone groups is 1. The minimum Gasteiger partial charge on any atom is -0.341 e. The van der Waals surface area contributed by atoms with Crippen LogP contribution in [0.4, 0.5) is 17.6 Å². The second-order valence-corrected chi connectivity index (χ2v) is 9.22. The highest BCUT2D eigenvalue weighted by Gasteiger charge is 2.34. The Morgan fingerprint density at radius 1 is 1.07 bits per heavy atom. The standard InChI is InChI=1S/C20H19F4NO3S/c21-17-7-2-1-6-16(17)18-8-9-25(10-11-29(18,27)28)19(26)13-14-4-3-5-15(12-14)20(22,23)24/h1-7,12,18H,8-11,13H2/t18-/m0/s1. The van der Waals surface area contributed by atoms with E-state index in [0.29, 0.717) is 0 Å². The summed E-state index contributed by atoms with van der Waals surface area (Å²) >= 11 is 0. The second-order valence-electron chi connectivity index (χ2n) is 6.92. The third-order valence-corrected chi connectivity index (χ3v) is 7.06. The quantitative estimate of drug-likeness (QED) is 0.698. The first kappa shape index (κ1) is 21.3. The average Bonchev–Trinajstić information content (AvgIpc) is 2.80. The van der Waals surface area contributed by atoms with Crippen molar-refractivity contribution in [1.29, 1.82) is 0 Å². The fourth-order valence-corrected chi connectivity index (χ4v) is 5.22. The first-order valence-electron chi connectivity index (χ1n) is 8.98. The van der Waals surface area contributed by atoms with Crippen molar-refractivity contribution in [1.82, 2.24) is 4.90 Å². The van der Waals surface area contributed by atoms with Crippen LogP contribution in [-0.2, 0) is 27.2 Å². The number of carbonyl (C=O) groups is 1. The third kappa shape index (κ3) is 4.95. The molecule has 29 heavy (non-hydrogen) atoms. The fourth-order valence-electron chi connectivity index (χ4n) is 3.42. The summed E-state index contributed by atoms with van der Waals surface area (Å²) in [5.41, 5.74) is -0.580. The van der Waals surface area contributed by atoms with Crippen molar-refractivity contribution in [2.75, 3.05) is 18.8 Å². The number of amides is 1. The lowest BCUT2D eigenvalue weighted by molar-refractivity contribution is -0.138. The Morgan fingerprint density at radius 3 is 2.48 bits per heavy atom. The molecule has 0 spiro atoms. The minimum atomic E-state index is -4.51. The molecule has 0 N–H and O–H groups in total. The van der Waals surface area contributed by atoms with Gasteiger partial charge < -0.3 is 4.90 Å². The normalized spacial score (nSPS) is 19.6. The first-order valence-corrected chi connectivity index (χ1v) is 10.7. The van der Waals surface area contributed by atoms with Crippen molar-refractivity contribution in [2.24, 2.45) is 0 Å². The molecule has 1 aliphatic heterocycles. The summed E-state index contributed by atoms with van der Waals surface area (Å²) in [6, 6.07) is 10.1. The van der Waals surface area contributed by atoms with Crippen molar-refractivity contribution < 1.29 is 30.8 Å². The summed E-state index contributed by atoms with van der Waals surface area (Å²) in [4.78, 5) is 13.9. The number of hydrogen-bond acceptors (Lipinski definition) is 3. The Hall–Kier alpha value is -2.42. The molecule has 0 aromatic heterocycles. The van der Waals surface area contributed by atoms with E-state index in [1.807, 2.05) is 0 Å². The van der Waals surface area contributed by atoms with Gasteiger partial charge in [-0.15, -0.1) is 0 Å². The van der Waals surface area contributed by atoms with Crippen LogP contribution in [0.2, 0.25) is 0 Å². The number of benzene rings is 2. The summed E-state index contributed by atoms with van der Waals surface area (Å²) < 4.78 is 77.8. The van der Waals surface area contributed by atoms with Gasteiger partial charge in [0.15, 0.2) is 9.84 Å². The summed E-state index contributed by atoms with van der Waals surface area (Å²) in [5.74, 6) is -1.42. The molecule has 1 fully saturated rings. The van der Waals surface area contributed by atoms with Gasteiger partial charge in [-0.2, -0.15) is 13.2 Å². The number of alkyl halides is 3. The van der Waals surface area contributed by atoms with Crippen LogP contribution in [0.3, 0.4) is 0 Å². The van der Waals surface area contributed by atoms with Crippen LogP contribution in [0.25, 0.3) is 0 Å². The Kier molecular flexibility index (Phi) is 5.97. The molecule has 1 heterocycles. The van der Waals surface area contributed by atoms with Crippen LogP contribution in [0.15, 0.2) is 48.5 Å². The molecular formula is C20H19F4NO3S. The summed E-state index contributed by atoms with van der Waals surface area (Å²) in [6.45, 7) is 0.00110. The maximum absolute atomic E-state index is 14.1. The molecule has 0 aliphatic carbocycles. The van der Waals surface area contributed by atoms with Gasteiger partial charge in [-0.1, -0.05) is 36.4 Å². The van der Waals surface area contributed by atoms with Crippen LogP contribution >= 0.6 is 0 Å². The summed E-state index contributed by atoms with van der Waals surface area (Å²) in [7, 11) is -3.68. The lowest BCUT2D eigenvalue weighted by Gasteiger charge is -2.20. The zero-order chi connectivity index (χ0) is 21.2. The molecule has 2 aromatic carbocycles. The second kappa shape index (κ2) is 8.14. The molecule has 1 saturated heterocycles. The molecule has 0 radical (unpaired) electrons. The Labute approximate surface area is 166 Å². The smallest absolute Gasteiger partial charge is 0.341 e. The molecule has 4 nitrogen and oxygen atoms in total. The van der Waals surface area contributed by atoms with Crippen molar-refractivity contribution in [2.45, 2.75) is 24.3 Å². The average molecular weight is 429 g/mol. The van der Waals surface area contributed by atoms with Gasteiger partial charge in [-0.05, 0) is 24.1 Å². The van der Waals surface area contributed by atoms with Crippen molar-refractivity contribution in [3.05, 3.63) is 71.0 Å². The maximum atomic E-state index is 14.1. The van der Waals surface area contributed by atoms with Gasteiger partial charge in [0.2, 0.25) is 5.91 Å². The number of carbonyl (C=O) groups excluding carboxylic acids is 1. The van der Waals surface area contributed by atoms with Gasteiger partial charge in [0.25, 0.3) is 0 Å². The van der Waals surface area contributed by atoms with Gasteiger partial charge in [0.1, 0.15) is 5.82 Å². The SMILES string of the molecule is O=C(Cc1cccc(C(F)(F)F)c1)N1CC[C@@H](c2ccccc2F)S(=O)(=O)CC1. The molecule has 2 aromatic rings. The third-order valence-electron chi connectivity index (χ3n) is 4.95. The van der Waals surface area contributed by atoms with E-state index >= 15 is 0 Å². The first-order chi connectivity index (χ1) is 13.6. The van der Waals surface area contributed by atoms with E-state index in [2.05, 4.69) is 0 Å². The molecule has 3 rings (SSSR count). The van der Waals surface area contributed by atoms with Gasteiger partial charge >= 0.3 is 6.18 Å². The molecule has 0 saturated carbocycles. The fraction of sp³-hybridized carbons (Fsp3) is 0.350. The Balaban J connectivity index is 1.75. The van der Waals surface area contributed by atoms with E-state index in [0.717, 1.165) is 12.1 Å². The highest BCUT2D eigenvalue weighted by Crippen LogP contribution is 2.32. The predicted molar refractivity (Wildman–Crippen MR) is 99.3 cm³/mol. The Morgan fingerprint density at radius 2 is 1.79 bits per heavy atom. The topological polar surface area (TPSA) is 54.5 Å². The lowest BCUT2D eigenvalue weighted by atomic mass is 10.1. The zero-order valence-corrected chi connectivity index (χ0v) is 16.1. The van der Waals surface area contributed by atoms with Gasteiger partial charge in [-0.3, -0.25) is 4.79 Å². The van der Waals surface area contributed by atoms with Crippen molar-refractivity contribution in [3.63, 3.8) is 0 Å². The number of rotatable bonds is 3. The largest absolute Gasteiger partial charge is 0.416 e. The predicted octanol–water partition coefficient (Wildman–Crippen LogP) is 3.78. The van der Waals surface area contributed by atoms with E-state index in [1.165, 1.54) is 35.2 Å². The van der Waals surface area contributed by atoms with E-state index in [1.54, 1.807) is 6.07 Å². The minimum absolute atomic E-state index is 0.0254. The number of nitrogens with zero attached hydrogens (tertiary/aromatic N) is 1. The monoisotopic (exact) mass is 429 g/mol. The van der Waals surface area contributed by atoms with Crippen LogP contribution in [0.5, 0.6) is 0 Å². The van der Waals surface area contributed by atoms with E-state index in [9.17, 15) is 30.8 Å². The van der Waals surface area contributed by atoms with Crippen molar-refractivity contribution >= 4 is 15.7 Å². The van der Waals surface area contributed by atoms with Crippen LogP contribution in [0, 0.1) is 5.82 Å². The lowest BCUT2D eigenvalue weighted by Crippen LogP contribution is -2.34. The number of hydrogen-bond donors (Lipinski definition) is 0. The van der Waals surface area contributed by atoms with Gasteiger partial charge in [0.05, 0.1) is 23.0 Å². The highest BCUT2D eigenvalue weighted by atomic mass is 32.2. The molecule has 1 aliphatic rings. The van der Waals surface area contributed by atoms with Gasteiger partial charge in [-0.25, -0.2) is 12.8 Å². The maximum Gasteiger partial charge on any atom is 0.416 e. The van der Waals surface area contributed by atoms with Crippen LogP contribution < -0.4 is 0 Å². The molecule has 9 heteroatoms. The van der Waals surface area contributed by atoms with Crippen LogP contribution in [0.1, 0.15) is 28.4 Å². The van der Waals surface area contributed by atoms with Crippen molar-refractivity contribution in [3.8, 4) is 0 Å². The van der Waals surface area contributed by atoms with Crippen LogP contribution in [-0.4, -0.2) is 38.1 Å². The molecule has 0 bridgehead atoms. The summed E-state index contributed by atoms with van der Waals surface area (Å²) in [6.07, 6.45) is -4.76. The van der Waals surface area contributed by atoms with E-state index in [-0.39, 0.29) is 42.8 Å². The van der Waals surface area contributed by atoms with E-state index < -0.39 is 38.6 Å². The molecule has 1 amide bonds. The van der Waals surface area contributed by atoms with E-state index in [4.69, 9.17) is 0 Å². The molecule has 0 unspecified atom stereocenters. The highest BCUT2D eigenvalue weighted by molar-refractivity contribution is 7.91.